The first-order valence-corrected chi connectivity index (χ1v) is 12.2. The standard InChI is InChI=1S/C20H18N2O4S3/c1-4-26-19(23)14(11-21)10-17-18-16(12-28-17)13(2)20(27-3)29(24,25)22(18)15-8-6-5-7-9-15/h5-10,12H,4H2,1-3H3/b14-10-. The Hall–Kier alpha value is -2.54. The van der Waals surface area contributed by atoms with Crippen LogP contribution in [-0.2, 0) is 19.6 Å². The Balaban J connectivity index is 2.30. The van der Waals surface area contributed by atoms with Crippen LogP contribution >= 0.6 is 23.1 Å². The highest BCUT2D eigenvalue weighted by atomic mass is 32.3. The SMILES string of the molecule is CCOC(=O)/C(C#N)=C\c1scc2c1N(c1ccccc1)S(=O)(=O)C(SC)=C2C. The number of benzene rings is 1. The van der Waals surface area contributed by atoms with Gasteiger partial charge in [0.25, 0.3) is 10.0 Å². The van der Waals surface area contributed by atoms with E-state index in [-0.39, 0.29) is 16.4 Å². The molecule has 0 saturated heterocycles. The van der Waals surface area contributed by atoms with E-state index >= 15 is 0 Å². The third kappa shape index (κ3) is 3.71. The molecule has 9 heteroatoms. The molecule has 1 aromatic carbocycles. The number of hydrogen-bond acceptors (Lipinski definition) is 7. The summed E-state index contributed by atoms with van der Waals surface area (Å²) in [5.74, 6) is -0.737. The maximum Gasteiger partial charge on any atom is 0.348 e. The molecule has 2 heterocycles. The summed E-state index contributed by atoms with van der Waals surface area (Å²) in [6.07, 6.45) is 3.12. The Morgan fingerprint density at radius 3 is 2.62 bits per heavy atom. The molecule has 0 fully saturated rings. The van der Waals surface area contributed by atoms with Gasteiger partial charge in [0.1, 0.15) is 15.9 Å². The van der Waals surface area contributed by atoms with Crippen LogP contribution in [0, 0.1) is 11.3 Å². The van der Waals surface area contributed by atoms with E-state index in [1.54, 1.807) is 50.4 Å². The number of rotatable bonds is 5. The van der Waals surface area contributed by atoms with E-state index < -0.39 is 16.0 Å². The molecule has 0 radical (unpaired) electrons. The van der Waals surface area contributed by atoms with Gasteiger partial charge in [-0.15, -0.1) is 23.1 Å². The number of hydrogen-bond donors (Lipinski definition) is 0. The molecular weight excluding hydrogens is 428 g/mol. The molecule has 1 aliphatic rings. The Labute approximate surface area is 178 Å². The molecule has 0 amide bonds. The average molecular weight is 447 g/mol. The van der Waals surface area contributed by atoms with E-state index in [9.17, 15) is 18.5 Å². The lowest BCUT2D eigenvalue weighted by atomic mass is 10.1. The largest absolute Gasteiger partial charge is 0.462 e. The lowest BCUT2D eigenvalue weighted by Crippen LogP contribution is -2.30. The van der Waals surface area contributed by atoms with Gasteiger partial charge >= 0.3 is 5.97 Å². The molecule has 1 aliphatic heterocycles. The number of carbonyl (C=O) groups excluding carboxylic acids is 1. The Morgan fingerprint density at radius 1 is 1.34 bits per heavy atom. The van der Waals surface area contributed by atoms with Gasteiger partial charge in [0.05, 0.1) is 22.9 Å². The molecular formula is C20H18N2O4S3. The third-order valence-corrected chi connectivity index (χ3v) is 8.62. The molecule has 0 atom stereocenters. The van der Waals surface area contributed by atoms with Crippen LogP contribution < -0.4 is 4.31 Å². The molecule has 3 rings (SSSR count). The number of thioether (sulfide) groups is 1. The molecule has 150 valence electrons. The van der Waals surface area contributed by atoms with E-state index in [0.29, 0.717) is 21.8 Å². The van der Waals surface area contributed by atoms with Crippen molar-refractivity contribution in [3.8, 4) is 6.07 Å². The highest BCUT2D eigenvalue weighted by molar-refractivity contribution is 8.19. The van der Waals surface area contributed by atoms with Crippen molar-refractivity contribution in [2.24, 2.45) is 0 Å². The maximum absolute atomic E-state index is 13.4. The van der Waals surface area contributed by atoms with Crippen LogP contribution in [-0.4, -0.2) is 27.2 Å². The van der Waals surface area contributed by atoms with Crippen LogP contribution in [0.25, 0.3) is 11.6 Å². The zero-order valence-corrected chi connectivity index (χ0v) is 18.5. The van der Waals surface area contributed by atoms with Crippen LogP contribution in [0.3, 0.4) is 0 Å². The zero-order valence-electron chi connectivity index (χ0n) is 16.0. The van der Waals surface area contributed by atoms with Crippen LogP contribution in [0.1, 0.15) is 24.3 Å². The van der Waals surface area contributed by atoms with Crippen molar-refractivity contribution >= 4 is 62.1 Å². The van der Waals surface area contributed by atoms with Crippen LogP contribution in [0.15, 0.2) is 45.5 Å². The fourth-order valence-corrected chi connectivity index (χ4v) is 7.09. The molecule has 29 heavy (non-hydrogen) atoms. The Morgan fingerprint density at radius 2 is 2.03 bits per heavy atom. The Kier molecular flexibility index (Phi) is 6.17. The predicted octanol–water partition coefficient (Wildman–Crippen LogP) is 4.75. The van der Waals surface area contributed by atoms with Crippen LogP contribution in [0.4, 0.5) is 11.4 Å². The van der Waals surface area contributed by atoms with Crippen molar-refractivity contribution in [3.63, 3.8) is 0 Å². The van der Waals surface area contributed by atoms with Gasteiger partial charge < -0.3 is 4.74 Å². The van der Waals surface area contributed by atoms with Gasteiger partial charge in [-0.3, -0.25) is 0 Å². The summed E-state index contributed by atoms with van der Waals surface area (Å²) < 4.78 is 33.3. The summed E-state index contributed by atoms with van der Waals surface area (Å²) in [7, 11) is -3.84. The van der Waals surface area contributed by atoms with Crippen molar-refractivity contribution in [3.05, 3.63) is 56.0 Å². The van der Waals surface area contributed by atoms with E-state index in [0.717, 1.165) is 5.56 Å². The summed E-state index contributed by atoms with van der Waals surface area (Å²) in [5, 5.41) is 11.2. The Bertz CT molecular complexity index is 1160. The van der Waals surface area contributed by atoms with Gasteiger partial charge in [0.15, 0.2) is 0 Å². The zero-order chi connectivity index (χ0) is 21.2. The highest BCUT2D eigenvalue weighted by Gasteiger charge is 2.38. The number of sulfonamides is 1. The normalized spacial score (nSPS) is 15.7. The van der Waals surface area contributed by atoms with Crippen LogP contribution in [0.2, 0.25) is 0 Å². The summed E-state index contributed by atoms with van der Waals surface area (Å²) in [6, 6.07) is 10.6. The second kappa shape index (κ2) is 8.45. The second-order valence-corrected chi connectivity index (χ2v) is 9.68. The van der Waals surface area contributed by atoms with Crippen molar-refractivity contribution in [2.45, 2.75) is 13.8 Å². The third-order valence-electron chi connectivity index (χ3n) is 4.25. The first-order valence-electron chi connectivity index (χ1n) is 8.62. The number of fused-ring (bicyclic) bond motifs is 1. The quantitative estimate of drug-likeness (QED) is 0.374. The summed E-state index contributed by atoms with van der Waals surface area (Å²) >= 11 is 2.45. The maximum atomic E-state index is 13.4. The summed E-state index contributed by atoms with van der Waals surface area (Å²) in [5.41, 5.74) is 2.14. The van der Waals surface area contributed by atoms with Crippen molar-refractivity contribution in [1.82, 2.24) is 0 Å². The number of carbonyl (C=O) groups is 1. The minimum atomic E-state index is -3.84. The molecule has 0 spiro atoms. The molecule has 0 N–H and O–H groups in total. The lowest BCUT2D eigenvalue weighted by molar-refractivity contribution is -0.137. The second-order valence-electron chi connectivity index (χ2n) is 5.97. The van der Waals surface area contributed by atoms with E-state index in [1.807, 2.05) is 11.4 Å². The number of esters is 1. The molecule has 0 bridgehead atoms. The monoisotopic (exact) mass is 446 g/mol. The minimum absolute atomic E-state index is 0.143. The van der Waals surface area contributed by atoms with Gasteiger partial charge in [-0.25, -0.2) is 17.5 Å². The molecule has 0 unspecified atom stereocenters. The first-order chi connectivity index (χ1) is 13.9. The predicted molar refractivity (Wildman–Crippen MR) is 118 cm³/mol. The van der Waals surface area contributed by atoms with Gasteiger partial charge in [-0.05, 0) is 43.9 Å². The van der Waals surface area contributed by atoms with Crippen LogP contribution in [0.5, 0.6) is 0 Å². The molecule has 2 aromatic rings. The van der Waals surface area contributed by atoms with Gasteiger partial charge in [-0.2, -0.15) is 5.26 Å². The lowest BCUT2D eigenvalue weighted by Gasteiger charge is -2.31. The molecule has 0 saturated carbocycles. The van der Waals surface area contributed by atoms with Crippen molar-refractivity contribution < 1.29 is 17.9 Å². The fourth-order valence-electron chi connectivity index (χ4n) is 3.02. The molecule has 1 aromatic heterocycles. The summed E-state index contributed by atoms with van der Waals surface area (Å²) in [6.45, 7) is 3.56. The van der Waals surface area contributed by atoms with E-state index in [2.05, 4.69) is 0 Å². The molecule has 0 aliphatic carbocycles. The summed E-state index contributed by atoms with van der Waals surface area (Å²) in [4.78, 5) is 12.6. The smallest absolute Gasteiger partial charge is 0.348 e. The fraction of sp³-hybridized carbons (Fsp3) is 0.200. The van der Waals surface area contributed by atoms with Gasteiger partial charge in [-0.1, -0.05) is 18.2 Å². The highest BCUT2D eigenvalue weighted by Crippen LogP contribution is 2.50. The van der Waals surface area contributed by atoms with Crippen molar-refractivity contribution in [1.29, 1.82) is 5.26 Å². The van der Waals surface area contributed by atoms with Crippen molar-refractivity contribution in [2.75, 3.05) is 17.2 Å². The van der Waals surface area contributed by atoms with E-state index in [1.165, 1.54) is 33.5 Å². The molecule has 6 nitrogen and oxygen atoms in total. The van der Waals surface area contributed by atoms with E-state index in [4.69, 9.17) is 4.74 Å². The number of para-hydroxylation sites is 1. The minimum Gasteiger partial charge on any atom is -0.462 e. The number of nitriles is 1. The topological polar surface area (TPSA) is 87.5 Å². The number of ether oxygens (including phenoxy) is 1. The number of thiophene rings is 1. The van der Waals surface area contributed by atoms with Gasteiger partial charge in [0.2, 0.25) is 0 Å². The first kappa shape index (κ1) is 21.2. The number of nitrogens with zero attached hydrogens (tertiary/aromatic N) is 2. The number of anilines is 2. The average Bonchev–Trinajstić information content (AvgIpc) is 3.10. The number of allylic oxidation sites excluding steroid dienone is 1. The van der Waals surface area contributed by atoms with Gasteiger partial charge in [0, 0.05) is 10.9 Å².